The van der Waals surface area contributed by atoms with Crippen LogP contribution in [0.3, 0.4) is 0 Å². The first-order valence-corrected chi connectivity index (χ1v) is 9.43. The lowest BCUT2D eigenvalue weighted by Gasteiger charge is -2.07. The minimum absolute atomic E-state index is 0.138. The molecule has 1 heterocycles. The standard InChI is InChI=1S/C24H17N3O4/c28-16-25-22-15-20(27(29)30)11-12-21(22)26-19-13-23(17-7-3-1-4-8-17)31-24(14-19)18-9-5-2-6-10-18/h1-16H,(H,25,28). The third-order valence-electron chi connectivity index (χ3n) is 4.55. The fourth-order valence-electron chi connectivity index (χ4n) is 3.09. The minimum atomic E-state index is -0.526. The fourth-order valence-corrected chi connectivity index (χ4v) is 3.09. The molecule has 0 unspecified atom stereocenters. The highest BCUT2D eigenvalue weighted by molar-refractivity contribution is 5.80. The van der Waals surface area contributed by atoms with E-state index >= 15 is 0 Å². The first-order chi connectivity index (χ1) is 15.1. The Bertz CT molecular complexity index is 1240. The molecule has 1 aromatic heterocycles. The van der Waals surface area contributed by atoms with Crippen LogP contribution in [0.4, 0.5) is 17.1 Å². The molecule has 0 aliphatic rings. The number of carbonyl (C=O) groups excluding carboxylic acids is 1. The lowest BCUT2D eigenvalue weighted by Crippen LogP contribution is -2.03. The molecule has 0 saturated carbocycles. The summed E-state index contributed by atoms with van der Waals surface area (Å²) in [7, 11) is 0. The summed E-state index contributed by atoms with van der Waals surface area (Å²) in [6.07, 6.45) is 0.462. The number of benzene rings is 3. The number of hydrogen-bond acceptors (Lipinski definition) is 5. The zero-order valence-electron chi connectivity index (χ0n) is 16.3. The highest BCUT2D eigenvalue weighted by atomic mass is 16.6. The van der Waals surface area contributed by atoms with Crippen LogP contribution in [-0.2, 0) is 4.79 Å². The molecular formula is C24H17N3O4. The average molecular weight is 411 g/mol. The van der Waals surface area contributed by atoms with Gasteiger partial charge in [-0.15, -0.1) is 0 Å². The number of hydrogen-bond donors (Lipinski definition) is 1. The molecule has 0 aliphatic heterocycles. The van der Waals surface area contributed by atoms with Crippen molar-refractivity contribution in [1.82, 2.24) is 0 Å². The topological polar surface area (TPSA) is 97.7 Å². The SMILES string of the molecule is O=CNc1cc([N+](=O)[O-])ccc1N=c1cc(-c2ccccc2)oc(-c2ccccc2)c1. The third-order valence-corrected chi connectivity index (χ3v) is 4.55. The van der Waals surface area contributed by atoms with Crippen molar-refractivity contribution in [2.24, 2.45) is 4.99 Å². The summed E-state index contributed by atoms with van der Waals surface area (Å²) in [5, 5.41) is 14.1. The van der Waals surface area contributed by atoms with Gasteiger partial charge >= 0.3 is 0 Å². The van der Waals surface area contributed by atoms with Crippen molar-refractivity contribution in [3.63, 3.8) is 0 Å². The maximum atomic E-state index is 11.1. The Hall–Kier alpha value is -4.52. The highest BCUT2D eigenvalue weighted by Crippen LogP contribution is 2.29. The van der Waals surface area contributed by atoms with Crippen LogP contribution >= 0.6 is 0 Å². The molecular weight excluding hydrogens is 394 g/mol. The van der Waals surface area contributed by atoms with E-state index in [9.17, 15) is 14.9 Å². The van der Waals surface area contributed by atoms with E-state index in [-0.39, 0.29) is 11.4 Å². The predicted octanol–water partition coefficient (Wildman–Crippen LogP) is 5.32. The Morgan fingerprint density at radius 1 is 0.839 bits per heavy atom. The molecule has 0 spiro atoms. The number of non-ortho nitro benzene ring substituents is 1. The van der Waals surface area contributed by atoms with E-state index in [1.54, 1.807) is 12.1 Å². The van der Waals surface area contributed by atoms with Gasteiger partial charge in [0.15, 0.2) is 0 Å². The second-order valence-corrected chi connectivity index (χ2v) is 6.61. The number of nitro groups is 1. The molecule has 0 fully saturated rings. The molecule has 31 heavy (non-hydrogen) atoms. The second-order valence-electron chi connectivity index (χ2n) is 6.61. The van der Waals surface area contributed by atoms with Gasteiger partial charge in [0.25, 0.3) is 5.69 Å². The number of amides is 1. The van der Waals surface area contributed by atoms with Crippen molar-refractivity contribution in [3.05, 3.63) is 106 Å². The van der Waals surface area contributed by atoms with Gasteiger partial charge in [0, 0.05) is 35.4 Å². The average Bonchev–Trinajstić information content (AvgIpc) is 2.81. The Labute approximate surface area is 177 Å². The number of nitrogens with zero attached hydrogens (tertiary/aromatic N) is 2. The fraction of sp³-hybridized carbons (Fsp3) is 0. The van der Waals surface area contributed by atoms with Crippen LogP contribution in [0.15, 0.2) is 100 Å². The van der Waals surface area contributed by atoms with Gasteiger partial charge in [0.2, 0.25) is 6.41 Å². The summed E-state index contributed by atoms with van der Waals surface area (Å²) in [6, 6.07) is 26.9. The van der Waals surface area contributed by atoms with Crippen LogP contribution in [-0.4, -0.2) is 11.3 Å². The monoisotopic (exact) mass is 411 g/mol. The molecule has 0 saturated heterocycles. The van der Waals surface area contributed by atoms with Crippen molar-refractivity contribution >= 4 is 23.5 Å². The summed E-state index contributed by atoms with van der Waals surface area (Å²) >= 11 is 0. The van der Waals surface area contributed by atoms with E-state index in [1.165, 1.54) is 18.2 Å². The number of carbonyl (C=O) groups is 1. The van der Waals surface area contributed by atoms with E-state index < -0.39 is 4.92 Å². The highest BCUT2D eigenvalue weighted by Gasteiger charge is 2.11. The normalized spacial score (nSPS) is 10.3. The van der Waals surface area contributed by atoms with Crippen LogP contribution in [0.1, 0.15) is 0 Å². The van der Waals surface area contributed by atoms with Crippen molar-refractivity contribution in [2.45, 2.75) is 0 Å². The third kappa shape index (κ3) is 4.56. The predicted molar refractivity (Wildman–Crippen MR) is 118 cm³/mol. The summed E-state index contributed by atoms with van der Waals surface area (Å²) in [6.45, 7) is 0. The van der Waals surface area contributed by atoms with Gasteiger partial charge in [-0.3, -0.25) is 14.9 Å². The van der Waals surface area contributed by atoms with Gasteiger partial charge in [0.05, 0.1) is 21.7 Å². The minimum Gasteiger partial charge on any atom is -0.456 e. The quantitative estimate of drug-likeness (QED) is 0.264. The number of rotatable bonds is 6. The summed E-state index contributed by atoms with van der Waals surface area (Å²) in [5.41, 5.74) is 2.26. The molecule has 152 valence electrons. The van der Waals surface area contributed by atoms with Gasteiger partial charge in [0.1, 0.15) is 11.5 Å². The summed E-state index contributed by atoms with van der Waals surface area (Å²) < 4.78 is 6.14. The van der Waals surface area contributed by atoms with Crippen LogP contribution in [0, 0.1) is 10.1 Å². The molecule has 1 amide bonds. The molecule has 7 heteroatoms. The summed E-state index contributed by atoms with van der Waals surface area (Å²) in [5.74, 6) is 1.24. The van der Waals surface area contributed by atoms with Gasteiger partial charge in [-0.1, -0.05) is 60.7 Å². The molecule has 4 aromatic rings. The van der Waals surface area contributed by atoms with Gasteiger partial charge in [-0.05, 0) is 6.07 Å². The first-order valence-electron chi connectivity index (χ1n) is 9.43. The maximum absolute atomic E-state index is 11.1. The second kappa shape index (κ2) is 8.87. The number of nitro benzene ring substituents is 1. The van der Waals surface area contributed by atoms with Crippen LogP contribution in [0.2, 0.25) is 0 Å². The molecule has 0 radical (unpaired) electrons. The van der Waals surface area contributed by atoms with Crippen LogP contribution in [0.5, 0.6) is 0 Å². The van der Waals surface area contributed by atoms with Gasteiger partial charge in [-0.25, -0.2) is 4.99 Å². The lowest BCUT2D eigenvalue weighted by atomic mass is 10.1. The number of nitrogens with one attached hydrogen (secondary N) is 1. The molecule has 7 nitrogen and oxygen atoms in total. The van der Waals surface area contributed by atoms with Crippen LogP contribution < -0.4 is 10.7 Å². The van der Waals surface area contributed by atoms with E-state index in [0.717, 1.165) is 11.1 Å². The Morgan fingerprint density at radius 3 is 1.94 bits per heavy atom. The zero-order chi connectivity index (χ0) is 21.6. The largest absolute Gasteiger partial charge is 0.456 e. The Morgan fingerprint density at radius 2 is 1.42 bits per heavy atom. The van der Waals surface area contributed by atoms with Crippen molar-refractivity contribution < 1.29 is 14.1 Å². The van der Waals surface area contributed by atoms with E-state index in [2.05, 4.69) is 10.3 Å². The Balaban J connectivity index is 1.91. The summed E-state index contributed by atoms with van der Waals surface area (Å²) in [4.78, 5) is 26.2. The first kappa shape index (κ1) is 19.8. The van der Waals surface area contributed by atoms with Gasteiger partial charge < -0.3 is 9.73 Å². The maximum Gasteiger partial charge on any atom is 0.271 e. The van der Waals surface area contributed by atoms with Crippen molar-refractivity contribution in [1.29, 1.82) is 0 Å². The van der Waals surface area contributed by atoms with Crippen molar-refractivity contribution in [3.8, 4) is 22.6 Å². The number of anilines is 1. The van der Waals surface area contributed by atoms with Gasteiger partial charge in [-0.2, -0.15) is 0 Å². The molecule has 0 aliphatic carbocycles. The lowest BCUT2D eigenvalue weighted by molar-refractivity contribution is -0.384. The molecule has 0 atom stereocenters. The Kier molecular flexibility index (Phi) is 5.66. The van der Waals surface area contributed by atoms with Crippen molar-refractivity contribution in [2.75, 3.05) is 5.32 Å². The smallest absolute Gasteiger partial charge is 0.271 e. The van der Waals surface area contributed by atoms with E-state index in [4.69, 9.17) is 4.42 Å². The molecule has 1 N–H and O–H groups in total. The molecule has 3 aromatic carbocycles. The molecule has 0 bridgehead atoms. The van der Waals surface area contributed by atoms with E-state index in [0.29, 0.717) is 29.0 Å². The zero-order valence-corrected chi connectivity index (χ0v) is 16.3. The van der Waals surface area contributed by atoms with Crippen LogP contribution in [0.25, 0.3) is 22.6 Å². The molecule has 4 rings (SSSR count). The van der Waals surface area contributed by atoms with E-state index in [1.807, 2.05) is 60.7 Å².